The maximum absolute atomic E-state index is 11.3. The number of anilines is 1. The number of benzene rings is 4. The first-order valence-electron chi connectivity index (χ1n) is 17.8. The zero-order valence-electron chi connectivity index (χ0n) is 28.8. The van der Waals surface area contributed by atoms with Gasteiger partial charge in [-0.25, -0.2) is 0 Å². The van der Waals surface area contributed by atoms with Crippen molar-refractivity contribution >= 4 is 17.6 Å². The van der Waals surface area contributed by atoms with E-state index >= 15 is 0 Å². The molecule has 268 valence electrons. The minimum Gasteiger partial charge on any atom is -0.493 e. The van der Waals surface area contributed by atoms with Crippen LogP contribution < -0.4 is 29.0 Å². The number of carboxylic acid groups (broad SMARTS) is 2. The Labute approximate surface area is 298 Å². The fraction of sp³-hybridized carbons (Fsp3) is 0.366. The molecule has 4 aromatic carbocycles. The van der Waals surface area contributed by atoms with Gasteiger partial charge in [0.1, 0.15) is 32.2 Å². The van der Waals surface area contributed by atoms with Crippen LogP contribution in [0.5, 0.6) is 28.7 Å². The molecule has 0 atom stereocenters. The van der Waals surface area contributed by atoms with Crippen LogP contribution in [0.15, 0.2) is 72.8 Å². The summed E-state index contributed by atoms with van der Waals surface area (Å²) in [6.07, 6.45) is 5.68. The second-order valence-corrected chi connectivity index (χ2v) is 12.7. The van der Waals surface area contributed by atoms with Crippen LogP contribution in [0, 0.1) is 0 Å². The van der Waals surface area contributed by atoms with Crippen molar-refractivity contribution in [3.05, 3.63) is 83.9 Å². The van der Waals surface area contributed by atoms with Crippen molar-refractivity contribution in [2.45, 2.75) is 57.8 Å². The molecule has 0 spiro atoms. The van der Waals surface area contributed by atoms with Gasteiger partial charge in [0.25, 0.3) is 0 Å². The largest absolute Gasteiger partial charge is 0.493 e. The van der Waals surface area contributed by atoms with Gasteiger partial charge in [-0.15, -0.1) is 0 Å². The Morgan fingerprint density at radius 1 is 0.608 bits per heavy atom. The molecular weight excluding hydrogens is 650 g/mol. The van der Waals surface area contributed by atoms with Crippen molar-refractivity contribution in [2.24, 2.45) is 0 Å². The van der Waals surface area contributed by atoms with Gasteiger partial charge in [0, 0.05) is 25.1 Å². The molecule has 10 heteroatoms. The molecule has 0 radical (unpaired) electrons. The average molecular weight is 696 g/mol. The van der Waals surface area contributed by atoms with Gasteiger partial charge in [-0.05, 0) is 114 Å². The molecule has 0 bridgehead atoms. The number of rotatable bonds is 18. The highest BCUT2D eigenvalue weighted by Crippen LogP contribution is 2.39. The monoisotopic (exact) mass is 695 g/mol. The Morgan fingerprint density at radius 2 is 1.22 bits per heavy atom. The van der Waals surface area contributed by atoms with Crippen molar-refractivity contribution in [3.63, 3.8) is 0 Å². The number of aliphatic carboxylic acids is 2. The molecule has 2 aliphatic heterocycles. The molecular formula is C41H45NO9. The van der Waals surface area contributed by atoms with Crippen molar-refractivity contribution in [3.8, 4) is 51.0 Å². The summed E-state index contributed by atoms with van der Waals surface area (Å²) in [5, 5.41) is 21.9. The standard InChI is InChI=1S/C41H45NO9/c43-40(44)10-6-18-47-35-9-5-8-28(34(35)13-16-41(45)46)7-3-1-2-4-17-42-33-24-31(29-11-14-36-38(26-29)50-21-19-48-36)23-32(25-33)30-12-15-37-39(27-30)51-22-20-49-37/h5,8-9,11-12,14-15,23-27,42H,1-4,6-7,10,13,16-22H2,(H,43,44)(H,45,46). The van der Waals surface area contributed by atoms with E-state index in [4.69, 9.17) is 28.8 Å². The fourth-order valence-corrected chi connectivity index (χ4v) is 6.44. The Kier molecular flexibility index (Phi) is 12.2. The maximum Gasteiger partial charge on any atom is 0.303 e. The number of hydrogen-bond acceptors (Lipinski definition) is 8. The predicted molar refractivity (Wildman–Crippen MR) is 195 cm³/mol. The number of carboxylic acids is 2. The first kappa shape index (κ1) is 35.4. The fourth-order valence-electron chi connectivity index (χ4n) is 6.44. The predicted octanol–water partition coefficient (Wildman–Crippen LogP) is 8.04. The summed E-state index contributed by atoms with van der Waals surface area (Å²) >= 11 is 0. The van der Waals surface area contributed by atoms with Gasteiger partial charge in [0.15, 0.2) is 23.0 Å². The second kappa shape index (κ2) is 17.5. The van der Waals surface area contributed by atoms with Crippen LogP contribution in [-0.4, -0.2) is 61.7 Å². The van der Waals surface area contributed by atoms with Gasteiger partial charge in [-0.2, -0.15) is 0 Å². The SMILES string of the molecule is O=C(O)CCCOc1cccc(CCCCCCNc2cc(-c3ccc4c(c3)OCCO4)cc(-c3ccc4c(c3)OCCO4)c2)c1CCC(=O)O. The summed E-state index contributed by atoms with van der Waals surface area (Å²) in [6.45, 7) is 3.25. The van der Waals surface area contributed by atoms with Crippen molar-refractivity contribution in [1.29, 1.82) is 0 Å². The van der Waals surface area contributed by atoms with E-state index in [1.54, 1.807) is 0 Å². The topological polar surface area (TPSA) is 133 Å². The highest BCUT2D eigenvalue weighted by atomic mass is 16.6. The lowest BCUT2D eigenvalue weighted by Gasteiger charge is -2.20. The lowest BCUT2D eigenvalue weighted by atomic mass is 9.96. The normalized spacial score (nSPS) is 13.0. The Balaban J connectivity index is 1.07. The van der Waals surface area contributed by atoms with Crippen LogP contribution in [0.3, 0.4) is 0 Å². The van der Waals surface area contributed by atoms with Gasteiger partial charge >= 0.3 is 11.9 Å². The minimum absolute atomic E-state index is 0.0143. The first-order valence-corrected chi connectivity index (χ1v) is 17.8. The van der Waals surface area contributed by atoms with Crippen molar-refractivity contribution < 1.29 is 43.5 Å². The van der Waals surface area contributed by atoms with Crippen LogP contribution in [0.1, 0.15) is 56.1 Å². The molecule has 6 rings (SSSR count). The van der Waals surface area contributed by atoms with Gasteiger partial charge in [-0.3, -0.25) is 9.59 Å². The number of aryl methyl sites for hydroxylation is 1. The third-order valence-corrected chi connectivity index (χ3v) is 9.00. The van der Waals surface area contributed by atoms with Gasteiger partial charge in [0.05, 0.1) is 6.61 Å². The Bertz CT molecular complexity index is 1740. The van der Waals surface area contributed by atoms with Crippen LogP contribution in [-0.2, 0) is 22.4 Å². The van der Waals surface area contributed by atoms with E-state index in [2.05, 4.69) is 35.6 Å². The van der Waals surface area contributed by atoms with E-state index in [-0.39, 0.29) is 19.4 Å². The molecule has 10 nitrogen and oxygen atoms in total. The molecule has 4 aromatic rings. The van der Waals surface area contributed by atoms with Gasteiger partial charge in [-0.1, -0.05) is 37.1 Å². The number of carbonyl (C=O) groups is 2. The van der Waals surface area contributed by atoms with Crippen LogP contribution in [0.2, 0.25) is 0 Å². The molecule has 2 heterocycles. The third kappa shape index (κ3) is 9.87. The van der Waals surface area contributed by atoms with E-state index < -0.39 is 11.9 Å². The van der Waals surface area contributed by atoms with E-state index in [0.717, 1.165) is 101 Å². The molecule has 0 aliphatic carbocycles. The molecule has 0 amide bonds. The number of hydrogen-bond donors (Lipinski definition) is 3. The highest BCUT2D eigenvalue weighted by Gasteiger charge is 2.17. The van der Waals surface area contributed by atoms with E-state index in [1.165, 1.54) is 0 Å². The molecule has 51 heavy (non-hydrogen) atoms. The summed E-state index contributed by atoms with van der Waals surface area (Å²) in [5.41, 5.74) is 7.23. The van der Waals surface area contributed by atoms with E-state index in [0.29, 0.717) is 45.0 Å². The summed E-state index contributed by atoms with van der Waals surface area (Å²) in [5.74, 6) is 1.96. The quantitative estimate of drug-likeness (QED) is 0.0879. The smallest absolute Gasteiger partial charge is 0.303 e. The molecule has 3 N–H and O–H groups in total. The van der Waals surface area contributed by atoms with Crippen LogP contribution in [0.25, 0.3) is 22.3 Å². The van der Waals surface area contributed by atoms with Crippen molar-refractivity contribution in [1.82, 2.24) is 0 Å². The number of unbranched alkanes of at least 4 members (excludes halogenated alkanes) is 3. The second-order valence-electron chi connectivity index (χ2n) is 12.7. The Morgan fingerprint density at radius 3 is 1.84 bits per heavy atom. The van der Waals surface area contributed by atoms with Gasteiger partial charge in [0.2, 0.25) is 0 Å². The zero-order chi connectivity index (χ0) is 35.4. The molecule has 2 aliphatic rings. The Hall–Kier alpha value is -5.38. The summed E-state index contributed by atoms with van der Waals surface area (Å²) in [4.78, 5) is 22.2. The van der Waals surface area contributed by atoms with Gasteiger partial charge < -0.3 is 39.2 Å². The molecule has 0 fully saturated rings. The van der Waals surface area contributed by atoms with E-state index in [1.807, 2.05) is 42.5 Å². The average Bonchev–Trinajstić information content (AvgIpc) is 3.15. The molecule has 0 unspecified atom stereocenters. The summed E-state index contributed by atoms with van der Waals surface area (Å²) < 4.78 is 29.1. The summed E-state index contributed by atoms with van der Waals surface area (Å²) in [6, 6.07) is 24.5. The highest BCUT2D eigenvalue weighted by molar-refractivity contribution is 5.80. The molecule has 0 aromatic heterocycles. The number of ether oxygens (including phenoxy) is 5. The zero-order valence-corrected chi connectivity index (χ0v) is 28.8. The van der Waals surface area contributed by atoms with E-state index in [9.17, 15) is 14.7 Å². The first-order chi connectivity index (χ1) is 24.9. The molecule has 0 saturated carbocycles. The molecule has 0 saturated heterocycles. The maximum atomic E-state index is 11.3. The number of fused-ring (bicyclic) bond motifs is 2. The lowest BCUT2D eigenvalue weighted by molar-refractivity contribution is -0.138. The van der Waals surface area contributed by atoms with Crippen LogP contribution >= 0.6 is 0 Å². The lowest BCUT2D eigenvalue weighted by Crippen LogP contribution is -2.15. The van der Waals surface area contributed by atoms with Crippen molar-refractivity contribution in [2.75, 3.05) is 44.9 Å². The number of nitrogens with one attached hydrogen (secondary N) is 1. The summed E-state index contributed by atoms with van der Waals surface area (Å²) in [7, 11) is 0. The third-order valence-electron chi connectivity index (χ3n) is 9.00. The van der Waals surface area contributed by atoms with Crippen LogP contribution in [0.4, 0.5) is 5.69 Å². The minimum atomic E-state index is -0.861.